The fraction of sp³-hybridized carbons (Fsp3) is 1.00. The van der Waals surface area contributed by atoms with Crippen molar-refractivity contribution in [3.05, 3.63) is 0 Å². The van der Waals surface area contributed by atoms with Gasteiger partial charge in [0.25, 0.3) is 0 Å². The zero-order valence-electron chi connectivity index (χ0n) is 7.49. The molecule has 0 spiro atoms. The molecule has 0 atom stereocenters. The summed E-state index contributed by atoms with van der Waals surface area (Å²) in [4.78, 5) is 0. The first-order chi connectivity index (χ1) is 4.00. The van der Waals surface area contributed by atoms with E-state index in [1.54, 1.807) is 0 Å². The summed E-state index contributed by atoms with van der Waals surface area (Å²) >= 11 is 0. The summed E-state index contributed by atoms with van der Waals surface area (Å²) in [6.45, 7) is 0. The van der Waals surface area contributed by atoms with E-state index in [1.165, 1.54) is 0 Å². The SMILES string of the molecule is C[N+](C)(C)C.O=S(=O)([O-])[O-].[K+]. The molecular weight excluding hydrogens is 197 g/mol. The number of hydrogen-bond acceptors (Lipinski definition) is 4. The Morgan fingerprint density at radius 1 is 1.00 bits per heavy atom. The van der Waals surface area contributed by atoms with Crippen LogP contribution >= 0.6 is 0 Å². The van der Waals surface area contributed by atoms with Crippen molar-refractivity contribution in [2.75, 3.05) is 28.2 Å². The molecule has 0 saturated heterocycles. The van der Waals surface area contributed by atoms with Crippen LogP contribution in [-0.4, -0.2) is 50.2 Å². The topological polar surface area (TPSA) is 80.3 Å². The second-order valence-electron chi connectivity index (χ2n) is 3.09. The minimum atomic E-state index is -5.17. The number of nitrogens with zero attached hydrogens (tertiary/aromatic N) is 1. The van der Waals surface area contributed by atoms with Gasteiger partial charge in [-0.2, -0.15) is 0 Å². The van der Waals surface area contributed by atoms with Gasteiger partial charge in [0.15, 0.2) is 0 Å². The third-order valence-corrected chi connectivity index (χ3v) is 0. The van der Waals surface area contributed by atoms with Crippen LogP contribution in [0, 0.1) is 0 Å². The second kappa shape index (κ2) is 6.93. The fourth-order valence-electron chi connectivity index (χ4n) is 0. The molecule has 5 nitrogen and oxygen atoms in total. The van der Waals surface area contributed by atoms with Crippen LogP contribution in [0.2, 0.25) is 0 Å². The first kappa shape index (κ1) is 18.3. The van der Waals surface area contributed by atoms with E-state index in [1.807, 2.05) is 0 Å². The molecule has 7 heteroatoms. The van der Waals surface area contributed by atoms with Gasteiger partial charge < -0.3 is 13.6 Å². The van der Waals surface area contributed by atoms with Crippen LogP contribution in [0.25, 0.3) is 0 Å². The molecule has 0 N–H and O–H groups in total. The molecule has 0 aliphatic heterocycles. The van der Waals surface area contributed by atoms with Crippen molar-refractivity contribution in [2.45, 2.75) is 0 Å². The Morgan fingerprint density at radius 3 is 1.00 bits per heavy atom. The second-order valence-corrected chi connectivity index (χ2v) is 3.91. The third kappa shape index (κ3) is 478. The summed E-state index contributed by atoms with van der Waals surface area (Å²) in [6, 6.07) is 0. The van der Waals surface area contributed by atoms with Crippen molar-refractivity contribution in [2.24, 2.45) is 0 Å². The maximum absolute atomic E-state index is 8.52. The Balaban J connectivity index is -0.000000107. The van der Waals surface area contributed by atoms with Crippen LogP contribution in [0.15, 0.2) is 0 Å². The zero-order valence-corrected chi connectivity index (χ0v) is 11.4. The fourth-order valence-corrected chi connectivity index (χ4v) is 0. The summed E-state index contributed by atoms with van der Waals surface area (Å²) in [7, 11) is 3.33. The van der Waals surface area contributed by atoms with Gasteiger partial charge in [0.2, 0.25) is 0 Å². The average Bonchev–Trinajstić information content (AvgIpc) is 1.12. The van der Waals surface area contributed by atoms with Gasteiger partial charge in [0.05, 0.1) is 28.2 Å². The maximum atomic E-state index is 8.52. The van der Waals surface area contributed by atoms with Crippen LogP contribution in [0.5, 0.6) is 0 Å². The van der Waals surface area contributed by atoms with Crippen LogP contribution < -0.4 is 51.4 Å². The molecule has 0 fully saturated rings. The van der Waals surface area contributed by atoms with Crippen LogP contribution in [0.3, 0.4) is 0 Å². The van der Waals surface area contributed by atoms with Gasteiger partial charge >= 0.3 is 51.4 Å². The van der Waals surface area contributed by atoms with Crippen LogP contribution in [0.4, 0.5) is 0 Å². The van der Waals surface area contributed by atoms with E-state index in [4.69, 9.17) is 17.5 Å². The van der Waals surface area contributed by atoms with E-state index in [0.717, 1.165) is 4.48 Å². The molecule has 0 aromatic carbocycles. The molecule has 0 unspecified atom stereocenters. The molecule has 64 valence electrons. The van der Waals surface area contributed by atoms with Crippen LogP contribution in [-0.2, 0) is 10.4 Å². The number of rotatable bonds is 0. The Kier molecular flexibility index (Phi) is 11.5. The number of hydrogen-bond donors (Lipinski definition) is 0. The summed E-state index contributed by atoms with van der Waals surface area (Å²) in [5, 5.41) is 0. The van der Waals surface area contributed by atoms with Crippen molar-refractivity contribution in [1.29, 1.82) is 0 Å². The Hall–Kier alpha value is 1.47. The maximum Gasteiger partial charge on any atom is 1.00 e. The molecule has 0 amide bonds. The van der Waals surface area contributed by atoms with Crippen molar-refractivity contribution >= 4 is 10.4 Å². The Morgan fingerprint density at radius 2 is 1.00 bits per heavy atom. The predicted molar refractivity (Wildman–Crippen MR) is 34.4 cm³/mol. The summed E-state index contributed by atoms with van der Waals surface area (Å²) in [5.41, 5.74) is 0. The van der Waals surface area contributed by atoms with Crippen LogP contribution in [0.1, 0.15) is 0 Å². The van der Waals surface area contributed by atoms with E-state index in [2.05, 4.69) is 28.2 Å². The van der Waals surface area contributed by atoms with Gasteiger partial charge in [0.1, 0.15) is 0 Å². The van der Waals surface area contributed by atoms with E-state index < -0.39 is 10.4 Å². The third-order valence-electron chi connectivity index (χ3n) is 0. The molecule has 0 aromatic rings. The van der Waals surface area contributed by atoms with Crippen molar-refractivity contribution in [3.63, 3.8) is 0 Å². The molecule has 0 saturated carbocycles. The Bertz CT molecular complexity index is 157. The smallest absolute Gasteiger partial charge is 0.759 e. The quantitative estimate of drug-likeness (QED) is 0.176. The molecule has 0 radical (unpaired) electrons. The largest absolute Gasteiger partial charge is 1.00 e. The van der Waals surface area contributed by atoms with Crippen molar-refractivity contribution in [1.82, 2.24) is 0 Å². The summed E-state index contributed by atoms with van der Waals surface area (Å²) < 4.78 is 35.1. The predicted octanol–water partition coefficient (Wildman–Crippen LogP) is -4.01. The van der Waals surface area contributed by atoms with Gasteiger partial charge in [-0.15, -0.1) is 0 Å². The standard InChI is InChI=1S/C4H12N.K.H2O4S/c1-5(2,3)4;;1-5(2,3)4/h1-4H3;;(H2,1,2,3,4)/q2*+1;/p-2. The Labute approximate surface area is 110 Å². The average molecular weight is 209 g/mol. The van der Waals surface area contributed by atoms with E-state index in [9.17, 15) is 0 Å². The zero-order chi connectivity index (χ0) is 9.00. The van der Waals surface area contributed by atoms with E-state index in [0.29, 0.717) is 0 Å². The van der Waals surface area contributed by atoms with Gasteiger partial charge in [0, 0.05) is 10.4 Å². The van der Waals surface area contributed by atoms with Gasteiger partial charge in [-0.05, 0) is 0 Å². The molecule has 0 aliphatic carbocycles. The molecule has 0 heterocycles. The minimum absolute atomic E-state index is 0. The molecular formula is C4H12KNO4S. The van der Waals surface area contributed by atoms with Crippen molar-refractivity contribution < 1.29 is 73.4 Å². The molecule has 0 rings (SSSR count). The first-order valence-corrected chi connectivity index (χ1v) is 3.79. The molecule has 11 heavy (non-hydrogen) atoms. The molecule has 0 aliphatic rings. The van der Waals surface area contributed by atoms with Gasteiger partial charge in [-0.1, -0.05) is 0 Å². The summed E-state index contributed by atoms with van der Waals surface area (Å²) in [5.74, 6) is 0. The first-order valence-electron chi connectivity index (χ1n) is 2.46. The van der Waals surface area contributed by atoms with E-state index in [-0.39, 0.29) is 51.4 Å². The van der Waals surface area contributed by atoms with Gasteiger partial charge in [-0.3, -0.25) is 8.42 Å². The summed E-state index contributed by atoms with van der Waals surface area (Å²) in [6.07, 6.45) is 0. The minimum Gasteiger partial charge on any atom is -0.759 e. The monoisotopic (exact) mass is 209 g/mol. The van der Waals surface area contributed by atoms with Crippen molar-refractivity contribution in [3.8, 4) is 0 Å². The number of quaternary nitrogens is 1. The molecule has 0 aromatic heterocycles. The normalized spacial score (nSPS) is 10.7. The molecule has 0 bridgehead atoms. The van der Waals surface area contributed by atoms with Gasteiger partial charge in [-0.25, -0.2) is 0 Å². The van der Waals surface area contributed by atoms with E-state index >= 15 is 0 Å².